The first-order valence-electron chi connectivity index (χ1n) is 7.82. The Morgan fingerprint density at radius 3 is 2.65 bits per heavy atom. The van der Waals surface area contributed by atoms with E-state index in [1.807, 2.05) is 30.0 Å². The van der Waals surface area contributed by atoms with Gasteiger partial charge in [-0.3, -0.25) is 9.36 Å². The fraction of sp³-hybridized carbons (Fsp3) is 0.438. The number of nitrogen functional groups attached to an aromatic ring is 1. The highest BCUT2D eigenvalue weighted by Gasteiger charge is 2.27. The van der Waals surface area contributed by atoms with Gasteiger partial charge < -0.3 is 10.6 Å². The summed E-state index contributed by atoms with van der Waals surface area (Å²) in [6, 6.07) is 9.77. The minimum atomic E-state index is -0.374. The van der Waals surface area contributed by atoms with Crippen molar-refractivity contribution in [2.45, 2.75) is 36.7 Å². The summed E-state index contributed by atoms with van der Waals surface area (Å²) in [5.74, 6) is 1.15. The third kappa shape index (κ3) is 3.50. The zero-order valence-electron chi connectivity index (χ0n) is 13.2. The summed E-state index contributed by atoms with van der Waals surface area (Å²) in [7, 11) is 0. The lowest BCUT2D eigenvalue weighted by molar-refractivity contribution is -0.133. The van der Waals surface area contributed by atoms with Crippen molar-refractivity contribution in [2.24, 2.45) is 0 Å². The van der Waals surface area contributed by atoms with E-state index in [1.165, 1.54) is 5.56 Å². The van der Waals surface area contributed by atoms with E-state index in [2.05, 4.69) is 22.3 Å². The molecule has 0 radical (unpaired) electrons. The molecule has 1 unspecified atom stereocenters. The second-order valence-corrected chi connectivity index (χ2v) is 6.64. The number of amides is 1. The number of hydrogen-bond donors (Lipinski definition) is 1. The molecule has 1 saturated heterocycles. The topological polar surface area (TPSA) is 77.0 Å². The molecule has 0 saturated carbocycles. The van der Waals surface area contributed by atoms with Crippen LogP contribution in [0.25, 0.3) is 0 Å². The van der Waals surface area contributed by atoms with E-state index in [0.717, 1.165) is 31.7 Å². The molecule has 6 nitrogen and oxygen atoms in total. The minimum Gasteiger partial charge on any atom is -0.368 e. The number of thioether (sulfide) groups is 1. The molecule has 2 N–H and O–H groups in total. The van der Waals surface area contributed by atoms with Crippen LogP contribution in [0.5, 0.6) is 0 Å². The van der Waals surface area contributed by atoms with Crippen LogP contribution in [0.1, 0.15) is 31.4 Å². The van der Waals surface area contributed by atoms with E-state index in [0.29, 0.717) is 11.1 Å². The van der Waals surface area contributed by atoms with Crippen LogP contribution in [0.2, 0.25) is 0 Å². The Labute approximate surface area is 140 Å². The number of likely N-dealkylation sites (tertiary alicyclic amines) is 1. The maximum Gasteiger partial charge on any atom is 0.245 e. The standard InChI is InChI=1S/C16H21N5OS/c1-12(14(22)20-9-5-6-10-20)21-15(17)18-19-16(21)23-11-13-7-3-2-4-8-13/h2-4,7-8,12H,5-6,9-11H2,1H3,(H2,17,18). The van der Waals surface area contributed by atoms with Crippen LogP contribution in [0.4, 0.5) is 5.95 Å². The summed E-state index contributed by atoms with van der Waals surface area (Å²) in [4.78, 5) is 14.5. The van der Waals surface area contributed by atoms with E-state index < -0.39 is 0 Å². The average molecular weight is 331 g/mol. The minimum absolute atomic E-state index is 0.0931. The van der Waals surface area contributed by atoms with Crippen LogP contribution in [0, 0.1) is 0 Å². The first kappa shape index (κ1) is 15.9. The van der Waals surface area contributed by atoms with Gasteiger partial charge in [-0.05, 0) is 25.3 Å². The largest absolute Gasteiger partial charge is 0.368 e. The Bertz CT molecular complexity index is 666. The van der Waals surface area contributed by atoms with Gasteiger partial charge in [0, 0.05) is 18.8 Å². The van der Waals surface area contributed by atoms with Gasteiger partial charge in [-0.25, -0.2) is 0 Å². The molecule has 1 aliphatic heterocycles. The van der Waals surface area contributed by atoms with Crippen molar-refractivity contribution in [3.63, 3.8) is 0 Å². The Hall–Kier alpha value is -2.02. The Kier molecular flexibility index (Phi) is 4.85. The lowest BCUT2D eigenvalue weighted by Crippen LogP contribution is -2.34. The van der Waals surface area contributed by atoms with Crippen molar-refractivity contribution >= 4 is 23.6 Å². The number of benzene rings is 1. The lowest BCUT2D eigenvalue weighted by atomic mass is 10.2. The molecular formula is C16H21N5OS. The summed E-state index contributed by atoms with van der Waals surface area (Å²) >= 11 is 1.55. The van der Waals surface area contributed by atoms with Gasteiger partial charge in [0.1, 0.15) is 6.04 Å². The van der Waals surface area contributed by atoms with E-state index in [1.54, 1.807) is 16.3 Å². The maximum atomic E-state index is 12.6. The van der Waals surface area contributed by atoms with Gasteiger partial charge >= 0.3 is 0 Å². The van der Waals surface area contributed by atoms with Crippen LogP contribution < -0.4 is 5.73 Å². The van der Waals surface area contributed by atoms with Gasteiger partial charge in [0.15, 0.2) is 5.16 Å². The smallest absolute Gasteiger partial charge is 0.245 e. The third-order valence-electron chi connectivity index (χ3n) is 4.06. The van der Waals surface area contributed by atoms with Crippen LogP contribution in [0.3, 0.4) is 0 Å². The zero-order valence-corrected chi connectivity index (χ0v) is 14.0. The van der Waals surface area contributed by atoms with E-state index in [4.69, 9.17) is 5.73 Å². The highest BCUT2D eigenvalue weighted by atomic mass is 32.2. The number of nitrogens with two attached hydrogens (primary N) is 1. The van der Waals surface area contributed by atoms with Crippen molar-refractivity contribution in [3.05, 3.63) is 35.9 Å². The second-order valence-electron chi connectivity index (χ2n) is 5.69. The first-order chi connectivity index (χ1) is 11.2. The second kappa shape index (κ2) is 7.04. The summed E-state index contributed by atoms with van der Waals surface area (Å²) in [5, 5.41) is 8.79. The van der Waals surface area contributed by atoms with Crippen molar-refractivity contribution in [1.29, 1.82) is 0 Å². The van der Waals surface area contributed by atoms with Gasteiger partial charge in [0.05, 0.1) is 0 Å². The molecule has 2 aromatic rings. The van der Waals surface area contributed by atoms with Crippen LogP contribution in [-0.4, -0.2) is 38.7 Å². The highest BCUT2D eigenvalue weighted by Crippen LogP contribution is 2.27. The molecule has 0 aliphatic carbocycles. The quantitative estimate of drug-likeness (QED) is 0.851. The average Bonchev–Trinajstić information content (AvgIpc) is 3.22. The SMILES string of the molecule is CC(C(=O)N1CCCC1)n1c(N)nnc1SCc1ccccc1. The van der Waals surface area contributed by atoms with Gasteiger partial charge in [-0.1, -0.05) is 42.1 Å². The Morgan fingerprint density at radius 2 is 1.96 bits per heavy atom. The Morgan fingerprint density at radius 1 is 1.26 bits per heavy atom. The van der Waals surface area contributed by atoms with Gasteiger partial charge in [-0.15, -0.1) is 10.2 Å². The van der Waals surface area contributed by atoms with Crippen LogP contribution >= 0.6 is 11.8 Å². The fourth-order valence-electron chi connectivity index (χ4n) is 2.79. The predicted octanol–water partition coefficient (Wildman–Crippen LogP) is 2.34. The maximum absolute atomic E-state index is 12.6. The normalized spacial score (nSPS) is 15.8. The van der Waals surface area contributed by atoms with Gasteiger partial charge in [-0.2, -0.15) is 0 Å². The fourth-order valence-corrected chi connectivity index (χ4v) is 3.76. The molecule has 1 amide bonds. The summed E-state index contributed by atoms with van der Waals surface area (Å²) < 4.78 is 1.74. The molecular weight excluding hydrogens is 310 g/mol. The highest BCUT2D eigenvalue weighted by molar-refractivity contribution is 7.98. The summed E-state index contributed by atoms with van der Waals surface area (Å²) in [5.41, 5.74) is 7.15. The number of carbonyl (C=O) groups excluding carboxylic acids is 1. The molecule has 0 spiro atoms. The van der Waals surface area contributed by atoms with Crippen molar-refractivity contribution < 1.29 is 4.79 Å². The molecule has 23 heavy (non-hydrogen) atoms. The molecule has 1 atom stereocenters. The molecule has 3 rings (SSSR count). The molecule has 122 valence electrons. The van der Waals surface area contributed by atoms with E-state index in [-0.39, 0.29) is 11.9 Å². The molecule has 1 aromatic heterocycles. The van der Waals surface area contributed by atoms with Gasteiger partial charge in [0.2, 0.25) is 11.9 Å². The van der Waals surface area contributed by atoms with Crippen LogP contribution in [-0.2, 0) is 10.5 Å². The lowest BCUT2D eigenvalue weighted by Gasteiger charge is -2.22. The van der Waals surface area contributed by atoms with Crippen LogP contribution in [0.15, 0.2) is 35.5 Å². The number of carbonyl (C=O) groups is 1. The number of aromatic nitrogens is 3. The van der Waals surface area contributed by atoms with Gasteiger partial charge in [0.25, 0.3) is 0 Å². The molecule has 1 fully saturated rings. The van der Waals surface area contributed by atoms with E-state index in [9.17, 15) is 4.79 Å². The molecule has 7 heteroatoms. The Balaban J connectivity index is 1.74. The number of nitrogens with zero attached hydrogens (tertiary/aromatic N) is 4. The number of anilines is 1. The molecule has 1 aliphatic rings. The molecule has 2 heterocycles. The van der Waals surface area contributed by atoms with Crippen molar-refractivity contribution in [2.75, 3.05) is 18.8 Å². The number of rotatable bonds is 5. The zero-order chi connectivity index (χ0) is 16.2. The monoisotopic (exact) mass is 331 g/mol. The number of hydrogen-bond acceptors (Lipinski definition) is 5. The molecule has 1 aromatic carbocycles. The summed E-state index contributed by atoms with van der Waals surface area (Å²) in [6.07, 6.45) is 2.15. The first-order valence-corrected chi connectivity index (χ1v) is 8.81. The summed E-state index contributed by atoms with van der Waals surface area (Å²) in [6.45, 7) is 3.53. The molecule has 0 bridgehead atoms. The van der Waals surface area contributed by atoms with Crippen molar-refractivity contribution in [1.82, 2.24) is 19.7 Å². The third-order valence-corrected chi connectivity index (χ3v) is 5.08. The van der Waals surface area contributed by atoms with Crippen molar-refractivity contribution in [3.8, 4) is 0 Å². The van der Waals surface area contributed by atoms with E-state index >= 15 is 0 Å². The predicted molar refractivity (Wildman–Crippen MR) is 91.0 cm³/mol.